The van der Waals surface area contributed by atoms with Gasteiger partial charge < -0.3 is 10.8 Å². The predicted octanol–water partition coefficient (Wildman–Crippen LogP) is 3.23. The van der Waals surface area contributed by atoms with Gasteiger partial charge in [-0.15, -0.1) is 0 Å². The summed E-state index contributed by atoms with van der Waals surface area (Å²) in [4.78, 5) is 0. The third-order valence-corrected chi connectivity index (χ3v) is 5.23. The summed E-state index contributed by atoms with van der Waals surface area (Å²) in [7, 11) is 0. The summed E-state index contributed by atoms with van der Waals surface area (Å²) in [5, 5.41) is 10.8. The number of nitrogens with two attached hydrogens (primary N) is 1. The molecule has 3 N–H and O–H groups in total. The van der Waals surface area contributed by atoms with Crippen molar-refractivity contribution in [1.29, 1.82) is 0 Å². The maximum atomic E-state index is 10.8. The predicted molar refractivity (Wildman–Crippen MR) is 71.8 cm³/mol. The second-order valence-electron chi connectivity index (χ2n) is 6.32. The standard InChI is InChI=1S/C15H29NO/c16-12-15(10-6-3-7-11-15)14(17)13-8-4-1-2-5-9-13/h13-14,17H,1-12,16H2. The zero-order chi connectivity index (χ0) is 12.1. The van der Waals surface area contributed by atoms with Crippen LogP contribution in [-0.4, -0.2) is 17.8 Å². The molecule has 0 aliphatic heterocycles. The molecule has 2 fully saturated rings. The lowest BCUT2D eigenvalue weighted by Gasteiger charge is -2.43. The zero-order valence-corrected chi connectivity index (χ0v) is 11.2. The van der Waals surface area contributed by atoms with Gasteiger partial charge in [0.25, 0.3) is 0 Å². The van der Waals surface area contributed by atoms with Gasteiger partial charge in [0.1, 0.15) is 0 Å². The minimum atomic E-state index is -0.133. The van der Waals surface area contributed by atoms with Gasteiger partial charge in [0.15, 0.2) is 0 Å². The maximum Gasteiger partial charge on any atom is 0.0636 e. The van der Waals surface area contributed by atoms with Crippen molar-refractivity contribution in [2.45, 2.75) is 76.7 Å². The summed E-state index contributed by atoms with van der Waals surface area (Å²) < 4.78 is 0. The molecule has 2 saturated carbocycles. The third kappa shape index (κ3) is 3.03. The molecule has 0 aromatic rings. The Morgan fingerprint density at radius 3 is 2.00 bits per heavy atom. The van der Waals surface area contributed by atoms with Crippen molar-refractivity contribution < 1.29 is 5.11 Å². The summed E-state index contributed by atoms with van der Waals surface area (Å²) >= 11 is 0. The first-order chi connectivity index (χ1) is 8.28. The van der Waals surface area contributed by atoms with Crippen LogP contribution in [0.3, 0.4) is 0 Å². The Labute approximate surface area is 106 Å². The van der Waals surface area contributed by atoms with Gasteiger partial charge in [-0.3, -0.25) is 0 Å². The molecule has 2 heteroatoms. The first-order valence-electron chi connectivity index (χ1n) is 7.67. The Hall–Kier alpha value is -0.0800. The quantitative estimate of drug-likeness (QED) is 0.743. The average Bonchev–Trinajstić information content (AvgIpc) is 2.67. The van der Waals surface area contributed by atoms with Crippen LogP contribution in [0.5, 0.6) is 0 Å². The Morgan fingerprint density at radius 1 is 0.941 bits per heavy atom. The summed E-state index contributed by atoms with van der Waals surface area (Å²) in [6, 6.07) is 0. The van der Waals surface area contributed by atoms with Crippen LogP contribution in [0, 0.1) is 11.3 Å². The average molecular weight is 239 g/mol. The van der Waals surface area contributed by atoms with Gasteiger partial charge in [-0.05, 0) is 31.6 Å². The number of hydrogen-bond donors (Lipinski definition) is 2. The van der Waals surface area contributed by atoms with E-state index in [2.05, 4.69) is 0 Å². The van der Waals surface area contributed by atoms with Crippen molar-refractivity contribution in [1.82, 2.24) is 0 Å². The number of aliphatic hydroxyl groups is 1. The molecule has 100 valence electrons. The summed E-state index contributed by atoms with van der Waals surface area (Å²) in [6.45, 7) is 0.685. The topological polar surface area (TPSA) is 46.2 Å². The monoisotopic (exact) mass is 239 g/mol. The molecule has 17 heavy (non-hydrogen) atoms. The largest absolute Gasteiger partial charge is 0.392 e. The fraction of sp³-hybridized carbons (Fsp3) is 1.00. The van der Waals surface area contributed by atoms with Gasteiger partial charge in [0.2, 0.25) is 0 Å². The van der Waals surface area contributed by atoms with E-state index in [1.54, 1.807) is 0 Å². The number of aliphatic hydroxyl groups excluding tert-OH is 1. The first kappa shape index (κ1) is 13.4. The molecule has 0 aromatic carbocycles. The van der Waals surface area contributed by atoms with Crippen molar-refractivity contribution in [3.63, 3.8) is 0 Å². The minimum Gasteiger partial charge on any atom is -0.392 e. The van der Waals surface area contributed by atoms with Crippen molar-refractivity contribution in [3.8, 4) is 0 Å². The number of rotatable bonds is 3. The van der Waals surface area contributed by atoms with E-state index in [0.29, 0.717) is 12.5 Å². The Morgan fingerprint density at radius 2 is 1.47 bits per heavy atom. The lowest BCUT2D eigenvalue weighted by molar-refractivity contribution is -0.0409. The van der Waals surface area contributed by atoms with Crippen LogP contribution in [0.4, 0.5) is 0 Å². The molecule has 0 aromatic heterocycles. The minimum absolute atomic E-state index is 0.0628. The van der Waals surface area contributed by atoms with Gasteiger partial charge >= 0.3 is 0 Å². The van der Waals surface area contributed by atoms with E-state index in [4.69, 9.17) is 5.73 Å². The van der Waals surface area contributed by atoms with Gasteiger partial charge in [-0.1, -0.05) is 44.9 Å². The maximum absolute atomic E-state index is 10.8. The Bertz CT molecular complexity index is 215. The molecule has 2 aliphatic carbocycles. The van der Waals surface area contributed by atoms with Crippen LogP contribution in [0.1, 0.15) is 70.6 Å². The highest BCUT2D eigenvalue weighted by atomic mass is 16.3. The van der Waals surface area contributed by atoms with E-state index in [0.717, 1.165) is 12.8 Å². The van der Waals surface area contributed by atoms with Crippen LogP contribution >= 0.6 is 0 Å². The van der Waals surface area contributed by atoms with Crippen molar-refractivity contribution in [2.75, 3.05) is 6.54 Å². The van der Waals surface area contributed by atoms with Gasteiger partial charge in [0, 0.05) is 12.0 Å². The lowest BCUT2D eigenvalue weighted by Crippen LogP contribution is -2.47. The van der Waals surface area contributed by atoms with Crippen molar-refractivity contribution >= 4 is 0 Å². The van der Waals surface area contributed by atoms with Crippen LogP contribution in [0.25, 0.3) is 0 Å². The molecule has 0 radical (unpaired) electrons. The van der Waals surface area contributed by atoms with E-state index < -0.39 is 0 Å². The molecule has 0 heterocycles. The van der Waals surface area contributed by atoms with Gasteiger partial charge in [-0.25, -0.2) is 0 Å². The van der Waals surface area contributed by atoms with E-state index >= 15 is 0 Å². The van der Waals surface area contributed by atoms with Gasteiger partial charge in [-0.2, -0.15) is 0 Å². The first-order valence-corrected chi connectivity index (χ1v) is 7.67. The molecule has 0 saturated heterocycles. The van der Waals surface area contributed by atoms with E-state index in [1.807, 2.05) is 0 Å². The van der Waals surface area contributed by atoms with Crippen LogP contribution in [-0.2, 0) is 0 Å². The summed E-state index contributed by atoms with van der Waals surface area (Å²) in [5.74, 6) is 0.527. The Balaban J connectivity index is 2.01. The molecule has 1 atom stereocenters. The number of hydrogen-bond acceptors (Lipinski definition) is 2. The van der Waals surface area contributed by atoms with E-state index in [-0.39, 0.29) is 11.5 Å². The van der Waals surface area contributed by atoms with E-state index in [1.165, 1.54) is 57.8 Å². The molecular weight excluding hydrogens is 210 g/mol. The molecule has 2 aliphatic rings. The molecule has 0 spiro atoms. The van der Waals surface area contributed by atoms with Crippen LogP contribution < -0.4 is 5.73 Å². The summed E-state index contributed by atoms with van der Waals surface area (Å²) in [5.41, 5.74) is 6.09. The molecule has 0 bridgehead atoms. The Kier molecular flexibility index (Phi) is 4.87. The molecular formula is C15H29NO. The second kappa shape index (κ2) is 6.19. The molecule has 2 rings (SSSR count). The molecule has 1 unspecified atom stereocenters. The SMILES string of the molecule is NCC1(C(O)C2CCCCCC2)CCCCC1. The normalized spacial score (nSPS) is 28.6. The second-order valence-corrected chi connectivity index (χ2v) is 6.32. The highest BCUT2D eigenvalue weighted by Gasteiger charge is 2.41. The van der Waals surface area contributed by atoms with Gasteiger partial charge in [0.05, 0.1) is 6.10 Å². The van der Waals surface area contributed by atoms with E-state index in [9.17, 15) is 5.11 Å². The zero-order valence-electron chi connectivity index (χ0n) is 11.2. The molecule has 0 amide bonds. The third-order valence-electron chi connectivity index (χ3n) is 5.23. The summed E-state index contributed by atoms with van der Waals surface area (Å²) in [6.07, 6.45) is 13.8. The van der Waals surface area contributed by atoms with Crippen LogP contribution in [0.15, 0.2) is 0 Å². The highest BCUT2D eigenvalue weighted by Crippen LogP contribution is 2.43. The fourth-order valence-corrected chi connectivity index (χ4v) is 4.00. The molecule has 2 nitrogen and oxygen atoms in total. The highest BCUT2D eigenvalue weighted by molar-refractivity contribution is 4.93. The lowest BCUT2D eigenvalue weighted by atomic mass is 9.66. The van der Waals surface area contributed by atoms with Crippen molar-refractivity contribution in [3.05, 3.63) is 0 Å². The van der Waals surface area contributed by atoms with Crippen LogP contribution in [0.2, 0.25) is 0 Å². The van der Waals surface area contributed by atoms with Crippen molar-refractivity contribution in [2.24, 2.45) is 17.1 Å². The fourth-order valence-electron chi connectivity index (χ4n) is 4.00. The smallest absolute Gasteiger partial charge is 0.0636 e.